The first-order valence-corrected chi connectivity index (χ1v) is 12.1. The summed E-state index contributed by atoms with van der Waals surface area (Å²) < 4.78 is 28.3. The lowest BCUT2D eigenvalue weighted by atomic mass is 10.0. The average molecular weight is 451 g/mol. The van der Waals surface area contributed by atoms with Crippen molar-refractivity contribution in [2.75, 3.05) is 17.4 Å². The van der Waals surface area contributed by atoms with Crippen molar-refractivity contribution in [2.24, 2.45) is 0 Å². The van der Waals surface area contributed by atoms with Crippen molar-refractivity contribution in [2.45, 2.75) is 38.5 Å². The highest BCUT2D eigenvalue weighted by atomic mass is 32.2. The molecular formula is C26H30N2O3S. The van der Waals surface area contributed by atoms with Crippen LogP contribution in [0.1, 0.15) is 35.1 Å². The van der Waals surface area contributed by atoms with Crippen molar-refractivity contribution < 1.29 is 13.2 Å². The van der Waals surface area contributed by atoms with Crippen LogP contribution in [0.15, 0.2) is 77.7 Å². The normalized spacial score (nSPS) is 12.2. The minimum atomic E-state index is -3.92. The molecule has 0 aromatic heterocycles. The Bertz CT molecular complexity index is 1170. The average Bonchev–Trinajstić information content (AvgIpc) is 2.78. The van der Waals surface area contributed by atoms with Gasteiger partial charge in [0.25, 0.3) is 10.0 Å². The van der Waals surface area contributed by atoms with Gasteiger partial charge >= 0.3 is 0 Å². The van der Waals surface area contributed by atoms with Gasteiger partial charge in [0.1, 0.15) is 6.54 Å². The lowest BCUT2D eigenvalue weighted by Crippen LogP contribution is -2.42. The predicted molar refractivity (Wildman–Crippen MR) is 129 cm³/mol. The number of carbonyl (C=O) groups excluding carboxylic acids is 1. The van der Waals surface area contributed by atoms with Gasteiger partial charge in [-0.3, -0.25) is 9.10 Å². The lowest BCUT2D eigenvalue weighted by Gasteiger charge is -2.26. The molecular weight excluding hydrogens is 420 g/mol. The number of carbonyl (C=O) groups is 1. The van der Waals surface area contributed by atoms with Gasteiger partial charge in [0, 0.05) is 6.54 Å². The summed E-state index contributed by atoms with van der Waals surface area (Å²) in [5.74, 6) is -0.229. The fourth-order valence-electron chi connectivity index (χ4n) is 3.48. The van der Waals surface area contributed by atoms with E-state index in [9.17, 15) is 13.2 Å². The van der Waals surface area contributed by atoms with Crippen molar-refractivity contribution >= 4 is 21.6 Å². The quantitative estimate of drug-likeness (QED) is 0.540. The maximum absolute atomic E-state index is 13.5. The van der Waals surface area contributed by atoms with Crippen LogP contribution < -0.4 is 9.62 Å². The molecule has 0 aliphatic rings. The zero-order valence-electron chi connectivity index (χ0n) is 19.0. The number of nitrogens with one attached hydrogen (secondary N) is 1. The predicted octanol–water partition coefficient (Wildman–Crippen LogP) is 4.73. The molecule has 0 bridgehead atoms. The van der Waals surface area contributed by atoms with E-state index in [1.165, 1.54) is 4.31 Å². The molecule has 0 fully saturated rings. The molecule has 0 heterocycles. The van der Waals surface area contributed by atoms with Crippen molar-refractivity contribution in [1.82, 2.24) is 5.32 Å². The molecule has 5 nitrogen and oxygen atoms in total. The van der Waals surface area contributed by atoms with Crippen LogP contribution >= 0.6 is 0 Å². The van der Waals surface area contributed by atoms with E-state index >= 15 is 0 Å². The van der Waals surface area contributed by atoms with Crippen LogP contribution in [0.2, 0.25) is 0 Å². The van der Waals surface area contributed by atoms with E-state index in [4.69, 9.17) is 0 Å². The van der Waals surface area contributed by atoms with Crippen LogP contribution in [0.3, 0.4) is 0 Å². The van der Waals surface area contributed by atoms with Crippen LogP contribution in [0.4, 0.5) is 5.69 Å². The molecule has 3 aromatic rings. The molecule has 3 aromatic carbocycles. The van der Waals surface area contributed by atoms with Crippen LogP contribution in [-0.2, 0) is 14.8 Å². The Morgan fingerprint density at radius 2 is 1.53 bits per heavy atom. The van der Waals surface area contributed by atoms with E-state index in [-0.39, 0.29) is 23.3 Å². The summed E-state index contributed by atoms with van der Waals surface area (Å²) in [5.41, 5.74) is 4.31. The number of sulfonamides is 1. The van der Waals surface area contributed by atoms with Crippen LogP contribution in [0, 0.1) is 20.8 Å². The fraction of sp³-hybridized carbons (Fsp3) is 0.269. The molecule has 0 aliphatic heterocycles. The minimum Gasteiger partial charge on any atom is -0.354 e. The number of nitrogens with zero attached hydrogens (tertiary/aromatic N) is 1. The molecule has 1 amide bonds. The Hall–Kier alpha value is -3.12. The largest absolute Gasteiger partial charge is 0.354 e. The van der Waals surface area contributed by atoms with Gasteiger partial charge < -0.3 is 5.32 Å². The number of benzene rings is 3. The first kappa shape index (κ1) is 23.5. The first-order valence-electron chi connectivity index (χ1n) is 10.7. The van der Waals surface area contributed by atoms with E-state index in [1.807, 2.05) is 70.2 Å². The molecule has 0 saturated carbocycles. The molecule has 1 atom stereocenters. The van der Waals surface area contributed by atoms with Gasteiger partial charge in [-0.1, -0.05) is 67.1 Å². The Labute approximate surface area is 191 Å². The van der Waals surface area contributed by atoms with Crippen molar-refractivity contribution in [3.05, 3.63) is 95.1 Å². The van der Waals surface area contributed by atoms with E-state index < -0.39 is 10.0 Å². The second-order valence-electron chi connectivity index (χ2n) is 8.23. The maximum atomic E-state index is 13.5. The lowest BCUT2D eigenvalue weighted by molar-refractivity contribution is -0.119. The molecule has 6 heteroatoms. The van der Waals surface area contributed by atoms with Gasteiger partial charge in [-0.2, -0.15) is 0 Å². The van der Waals surface area contributed by atoms with Crippen molar-refractivity contribution in [3.63, 3.8) is 0 Å². The number of anilines is 1. The van der Waals surface area contributed by atoms with Gasteiger partial charge in [0.05, 0.1) is 10.6 Å². The molecule has 0 spiro atoms. The summed E-state index contributed by atoms with van der Waals surface area (Å²) in [7, 11) is -3.92. The van der Waals surface area contributed by atoms with Crippen LogP contribution in [0.25, 0.3) is 0 Å². The molecule has 1 N–H and O–H groups in total. The summed E-state index contributed by atoms with van der Waals surface area (Å²) in [6.07, 6.45) is 0. The molecule has 0 unspecified atom stereocenters. The zero-order chi connectivity index (χ0) is 23.3. The van der Waals surface area contributed by atoms with Gasteiger partial charge in [0.15, 0.2) is 0 Å². The third-order valence-corrected chi connectivity index (χ3v) is 7.28. The highest BCUT2D eigenvalue weighted by Gasteiger charge is 2.28. The fourth-order valence-corrected chi connectivity index (χ4v) is 4.96. The molecule has 0 aliphatic carbocycles. The van der Waals surface area contributed by atoms with E-state index in [1.54, 1.807) is 30.3 Å². The first-order chi connectivity index (χ1) is 15.2. The standard InChI is InChI=1S/C26H30N2O3S/c1-19-11-14-24(15-12-19)32(30,31)28(25-16-20(2)10-13-21(25)3)18-26(29)27-17-22(4)23-8-6-5-7-9-23/h5-16,22H,17-18H2,1-4H3,(H,27,29)/t22-/m1/s1. The summed E-state index contributed by atoms with van der Waals surface area (Å²) in [6, 6.07) is 22.2. The van der Waals surface area contributed by atoms with Crippen LogP contribution in [-0.4, -0.2) is 27.4 Å². The SMILES string of the molecule is Cc1ccc(S(=O)(=O)N(CC(=O)NC[C@@H](C)c2ccccc2)c2cc(C)ccc2C)cc1. The van der Waals surface area contributed by atoms with Gasteiger partial charge in [0.2, 0.25) is 5.91 Å². The van der Waals surface area contributed by atoms with E-state index in [0.29, 0.717) is 12.2 Å². The van der Waals surface area contributed by atoms with E-state index in [2.05, 4.69) is 5.32 Å². The topological polar surface area (TPSA) is 66.5 Å². The maximum Gasteiger partial charge on any atom is 0.264 e. The van der Waals surface area contributed by atoms with Crippen molar-refractivity contribution in [3.8, 4) is 0 Å². The molecule has 0 radical (unpaired) electrons. The number of amides is 1. The highest BCUT2D eigenvalue weighted by Crippen LogP contribution is 2.28. The van der Waals surface area contributed by atoms with Gasteiger partial charge in [-0.25, -0.2) is 8.42 Å². The van der Waals surface area contributed by atoms with E-state index in [0.717, 1.165) is 22.3 Å². The molecule has 3 rings (SSSR count). The van der Waals surface area contributed by atoms with Crippen molar-refractivity contribution in [1.29, 1.82) is 0 Å². The third kappa shape index (κ3) is 5.56. The number of hydrogen-bond donors (Lipinski definition) is 1. The highest BCUT2D eigenvalue weighted by molar-refractivity contribution is 7.92. The Balaban J connectivity index is 1.87. The minimum absolute atomic E-state index is 0.114. The third-order valence-electron chi connectivity index (χ3n) is 5.50. The molecule has 168 valence electrons. The monoisotopic (exact) mass is 450 g/mol. The summed E-state index contributed by atoms with van der Waals surface area (Å²) in [5, 5.41) is 2.90. The number of aryl methyl sites for hydroxylation is 3. The summed E-state index contributed by atoms with van der Waals surface area (Å²) in [6.45, 7) is 7.82. The number of hydrogen-bond acceptors (Lipinski definition) is 3. The molecule has 0 saturated heterocycles. The van der Waals surface area contributed by atoms with Gasteiger partial charge in [-0.15, -0.1) is 0 Å². The smallest absolute Gasteiger partial charge is 0.264 e. The number of rotatable bonds is 8. The Morgan fingerprint density at radius 3 is 2.19 bits per heavy atom. The summed E-state index contributed by atoms with van der Waals surface area (Å²) in [4.78, 5) is 13.0. The zero-order valence-corrected chi connectivity index (χ0v) is 19.8. The van der Waals surface area contributed by atoms with Crippen LogP contribution in [0.5, 0.6) is 0 Å². The second-order valence-corrected chi connectivity index (χ2v) is 10.1. The second kappa shape index (κ2) is 10.0. The summed E-state index contributed by atoms with van der Waals surface area (Å²) >= 11 is 0. The van der Waals surface area contributed by atoms with Gasteiger partial charge in [-0.05, 0) is 61.6 Å². The Kier molecular flexibility index (Phi) is 7.36. The molecule has 32 heavy (non-hydrogen) atoms. The Morgan fingerprint density at radius 1 is 0.906 bits per heavy atom.